The van der Waals surface area contributed by atoms with Crippen molar-refractivity contribution >= 4 is 22.8 Å². The number of aliphatic hydroxyl groups excluding tert-OH is 1. The molecule has 1 rings (SSSR count). The summed E-state index contributed by atoms with van der Waals surface area (Å²) in [6.45, 7) is 0. The molecule has 0 aliphatic rings. The first-order valence-corrected chi connectivity index (χ1v) is 4.81. The zero-order chi connectivity index (χ0) is 11.3. The minimum absolute atomic E-state index is 0.176. The number of ether oxygens (including phenoxy) is 2. The van der Waals surface area contributed by atoms with Crippen molar-refractivity contribution in [3.63, 3.8) is 0 Å². The SMILES string of the molecule is COC(=O)Nc1nc(CC(O)OC)ns1. The van der Waals surface area contributed by atoms with E-state index in [2.05, 4.69) is 24.1 Å². The fourth-order valence-electron chi connectivity index (χ4n) is 0.766. The second kappa shape index (κ2) is 5.59. The number of anilines is 1. The second-order valence-electron chi connectivity index (χ2n) is 2.53. The third kappa shape index (κ3) is 3.78. The summed E-state index contributed by atoms with van der Waals surface area (Å²) < 4.78 is 12.9. The Hall–Kier alpha value is -1.25. The number of rotatable bonds is 4. The van der Waals surface area contributed by atoms with E-state index in [1.54, 1.807) is 0 Å². The zero-order valence-corrected chi connectivity index (χ0v) is 9.08. The molecule has 2 N–H and O–H groups in total. The van der Waals surface area contributed by atoms with Crippen LogP contribution in [0, 0.1) is 0 Å². The molecule has 7 nitrogen and oxygen atoms in total. The summed E-state index contributed by atoms with van der Waals surface area (Å²) in [4.78, 5) is 14.7. The van der Waals surface area contributed by atoms with Gasteiger partial charge in [0.1, 0.15) is 5.82 Å². The molecule has 0 aliphatic carbocycles. The normalized spacial score (nSPS) is 12.2. The fourth-order valence-corrected chi connectivity index (χ4v) is 1.35. The standard InChI is InChI=1S/C7H11N3O4S/c1-13-5(11)3-4-8-6(15-10-4)9-7(12)14-2/h5,11H,3H2,1-2H3,(H,8,9,10,12). The van der Waals surface area contributed by atoms with Gasteiger partial charge in [0.15, 0.2) is 6.29 Å². The maximum Gasteiger partial charge on any atom is 0.413 e. The van der Waals surface area contributed by atoms with Gasteiger partial charge in [0.25, 0.3) is 0 Å². The smallest absolute Gasteiger partial charge is 0.413 e. The Morgan fingerprint density at radius 2 is 2.40 bits per heavy atom. The number of hydrogen-bond acceptors (Lipinski definition) is 7. The predicted molar refractivity (Wildman–Crippen MR) is 52.7 cm³/mol. The molecule has 0 aromatic carbocycles. The van der Waals surface area contributed by atoms with Crippen LogP contribution in [0.5, 0.6) is 0 Å². The fraction of sp³-hybridized carbons (Fsp3) is 0.571. The number of carbonyl (C=O) groups excluding carboxylic acids is 1. The molecule has 0 aliphatic heterocycles. The van der Waals surface area contributed by atoms with Crippen molar-refractivity contribution in [1.29, 1.82) is 0 Å². The lowest BCUT2D eigenvalue weighted by Gasteiger charge is -2.03. The van der Waals surface area contributed by atoms with E-state index in [-0.39, 0.29) is 6.42 Å². The van der Waals surface area contributed by atoms with Gasteiger partial charge in [-0.05, 0) is 0 Å². The van der Waals surface area contributed by atoms with Crippen LogP contribution in [0.15, 0.2) is 0 Å². The number of aliphatic hydroxyl groups is 1. The van der Waals surface area contributed by atoms with E-state index in [1.807, 2.05) is 0 Å². The first kappa shape index (κ1) is 11.8. The summed E-state index contributed by atoms with van der Waals surface area (Å²) in [5.74, 6) is 0.403. The van der Waals surface area contributed by atoms with Gasteiger partial charge in [0.2, 0.25) is 5.13 Å². The van der Waals surface area contributed by atoms with Gasteiger partial charge in [-0.2, -0.15) is 4.37 Å². The van der Waals surface area contributed by atoms with Crippen molar-refractivity contribution in [3.8, 4) is 0 Å². The Kier molecular flexibility index (Phi) is 4.40. The molecule has 0 saturated heterocycles. The van der Waals surface area contributed by atoms with Crippen molar-refractivity contribution in [2.24, 2.45) is 0 Å². The number of hydrogen-bond donors (Lipinski definition) is 2. The second-order valence-corrected chi connectivity index (χ2v) is 3.28. The summed E-state index contributed by atoms with van der Waals surface area (Å²) >= 11 is 1.01. The zero-order valence-electron chi connectivity index (χ0n) is 8.26. The van der Waals surface area contributed by atoms with Gasteiger partial charge in [0, 0.05) is 18.6 Å². The van der Waals surface area contributed by atoms with Crippen LogP contribution >= 0.6 is 11.5 Å². The molecule has 1 atom stereocenters. The molecule has 8 heteroatoms. The van der Waals surface area contributed by atoms with Crippen LogP contribution in [0.2, 0.25) is 0 Å². The van der Waals surface area contributed by atoms with Crippen molar-refractivity contribution < 1.29 is 19.4 Å². The summed E-state index contributed by atoms with van der Waals surface area (Å²) in [5.41, 5.74) is 0. The first-order valence-electron chi connectivity index (χ1n) is 4.04. The van der Waals surface area contributed by atoms with E-state index < -0.39 is 12.4 Å². The van der Waals surface area contributed by atoms with Crippen LogP contribution in [-0.2, 0) is 15.9 Å². The Morgan fingerprint density at radius 1 is 1.67 bits per heavy atom. The first-order chi connectivity index (χ1) is 7.15. The van der Waals surface area contributed by atoms with E-state index in [0.29, 0.717) is 11.0 Å². The summed E-state index contributed by atoms with van der Waals surface area (Å²) in [6, 6.07) is 0. The molecule has 1 unspecified atom stereocenters. The average Bonchev–Trinajstić information content (AvgIpc) is 2.65. The van der Waals surface area contributed by atoms with Gasteiger partial charge in [-0.3, -0.25) is 5.32 Å². The molecule has 1 amide bonds. The highest BCUT2D eigenvalue weighted by Gasteiger charge is 2.11. The minimum atomic E-state index is -0.939. The van der Waals surface area contributed by atoms with Crippen molar-refractivity contribution in [2.45, 2.75) is 12.7 Å². The van der Waals surface area contributed by atoms with Crippen LogP contribution in [0.3, 0.4) is 0 Å². The quantitative estimate of drug-likeness (QED) is 0.723. The van der Waals surface area contributed by atoms with Gasteiger partial charge in [-0.25, -0.2) is 9.78 Å². The molecule has 15 heavy (non-hydrogen) atoms. The van der Waals surface area contributed by atoms with Crippen LogP contribution in [0.4, 0.5) is 9.93 Å². The number of carbonyl (C=O) groups is 1. The van der Waals surface area contributed by atoms with E-state index in [9.17, 15) is 4.79 Å². The summed E-state index contributed by atoms with van der Waals surface area (Å²) in [6.07, 6.45) is -1.37. The Bertz CT molecular complexity index is 330. The molecule has 0 radical (unpaired) electrons. The maximum absolute atomic E-state index is 10.8. The highest BCUT2D eigenvalue weighted by atomic mass is 32.1. The van der Waals surface area contributed by atoms with Gasteiger partial charge >= 0.3 is 6.09 Å². The highest BCUT2D eigenvalue weighted by molar-refractivity contribution is 7.09. The monoisotopic (exact) mass is 233 g/mol. The van der Waals surface area contributed by atoms with E-state index >= 15 is 0 Å². The van der Waals surface area contributed by atoms with Gasteiger partial charge in [0.05, 0.1) is 13.5 Å². The molecule has 1 aromatic heterocycles. The van der Waals surface area contributed by atoms with E-state index in [0.717, 1.165) is 11.5 Å². The van der Waals surface area contributed by atoms with Gasteiger partial charge in [-0.15, -0.1) is 0 Å². The third-order valence-electron chi connectivity index (χ3n) is 1.49. The molecular formula is C7H11N3O4S. The predicted octanol–water partition coefficient (Wildman–Crippen LogP) is 0.224. The number of nitrogens with one attached hydrogen (secondary N) is 1. The van der Waals surface area contributed by atoms with E-state index in [4.69, 9.17) is 5.11 Å². The molecule has 0 fully saturated rings. The number of nitrogens with zero attached hydrogens (tertiary/aromatic N) is 2. The molecule has 0 bridgehead atoms. The van der Waals surface area contributed by atoms with E-state index in [1.165, 1.54) is 14.2 Å². The number of aromatic nitrogens is 2. The maximum atomic E-state index is 10.8. The van der Waals surface area contributed by atoms with Gasteiger partial charge in [-0.1, -0.05) is 0 Å². The van der Waals surface area contributed by atoms with Crippen LogP contribution in [0.1, 0.15) is 5.82 Å². The van der Waals surface area contributed by atoms with Crippen LogP contribution in [-0.4, -0.2) is 41.1 Å². The Balaban J connectivity index is 2.52. The topological polar surface area (TPSA) is 93.6 Å². The molecule has 1 heterocycles. The lowest BCUT2D eigenvalue weighted by molar-refractivity contribution is -0.0730. The van der Waals surface area contributed by atoms with Gasteiger partial charge < -0.3 is 14.6 Å². The molecule has 84 valence electrons. The summed E-state index contributed by atoms with van der Waals surface area (Å²) in [5, 5.41) is 11.8. The third-order valence-corrected chi connectivity index (χ3v) is 2.16. The minimum Gasteiger partial charge on any atom is -0.453 e. The highest BCUT2D eigenvalue weighted by Crippen LogP contribution is 2.12. The largest absolute Gasteiger partial charge is 0.453 e. The lowest BCUT2D eigenvalue weighted by Crippen LogP contribution is -2.14. The number of methoxy groups -OCH3 is 2. The Labute approximate surface area is 90.2 Å². The Morgan fingerprint density at radius 3 is 3.00 bits per heavy atom. The van der Waals surface area contributed by atoms with Crippen LogP contribution in [0.25, 0.3) is 0 Å². The van der Waals surface area contributed by atoms with Crippen LogP contribution < -0.4 is 5.32 Å². The molecule has 1 aromatic rings. The average molecular weight is 233 g/mol. The molecule has 0 saturated carbocycles. The van der Waals surface area contributed by atoms with Crippen molar-refractivity contribution in [2.75, 3.05) is 19.5 Å². The lowest BCUT2D eigenvalue weighted by atomic mass is 10.4. The summed E-state index contributed by atoms with van der Waals surface area (Å²) in [7, 11) is 2.64. The van der Waals surface area contributed by atoms with Crippen molar-refractivity contribution in [3.05, 3.63) is 5.82 Å². The van der Waals surface area contributed by atoms with Crippen molar-refractivity contribution in [1.82, 2.24) is 9.36 Å². The molecule has 0 spiro atoms. The molecular weight excluding hydrogens is 222 g/mol. The number of amides is 1.